The van der Waals surface area contributed by atoms with Crippen molar-refractivity contribution in [1.29, 1.82) is 0 Å². The molecule has 0 aliphatic carbocycles. The summed E-state index contributed by atoms with van der Waals surface area (Å²) in [5.41, 5.74) is 0. The number of phosphoric ester groups is 1. The van der Waals surface area contributed by atoms with Crippen molar-refractivity contribution < 1.29 is 88.5 Å². The van der Waals surface area contributed by atoms with Crippen LogP contribution >= 0.6 is 7.82 Å². The van der Waals surface area contributed by atoms with Crippen LogP contribution in [0.25, 0.3) is 0 Å². The van der Waals surface area contributed by atoms with Crippen LogP contribution in [0.2, 0.25) is 0 Å². The van der Waals surface area contributed by atoms with Crippen LogP contribution in [0, 0.1) is 0 Å². The maximum Gasteiger partial charge on any atom is 0.472 e. The van der Waals surface area contributed by atoms with E-state index in [9.17, 15) is 50.3 Å². The molecule has 18 nitrogen and oxygen atoms in total. The van der Waals surface area contributed by atoms with Crippen LogP contribution in [0.4, 0.5) is 0 Å². The summed E-state index contributed by atoms with van der Waals surface area (Å²) >= 11 is 0. The molecule has 0 spiro atoms. The van der Waals surface area contributed by atoms with Gasteiger partial charge in [0.05, 0.1) is 39.6 Å². The Bertz CT molecular complexity index is 716. The lowest BCUT2D eigenvalue weighted by Gasteiger charge is -2.43. The second-order valence-corrected chi connectivity index (χ2v) is 9.88. The van der Waals surface area contributed by atoms with Crippen LogP contribution in [0.15, 0.2) is 0 Å². The summed E-state index contributed by atoms with van der Waals surface area (Å²) < 4.78 is 42.0. The van der Waals surface area contributed by atoms with Crippen LogP contribution in [-0.4, -0.2) is 169 Å². The van der Waals surface area contributed by atoms with Crippen LogP contribution in [-0.2, 0) is 32.6 Å². The normalized spacial score (nSPS) is 40.2. The van der Waals surface area contributed by atoms with Gasteiger partial charge in [0.25, 0.3) is 0 Å². The van der Waals surface area contributed by atoms with Crippen LogP contribution in [0.5, 0.6) is 0 Å². The molecule has 2 saturated heterocycles. The molecule has 13 atom stereocenters. The Kier molecular flexibility index (Phi) is 13.1. The van der Waals surface area contributed by atoms with Crippen LogP contribution < -0.4 is 0 Å². The van der Waals surface area contributed by atoms with Gasteiger partial charge >= 0.3 is 7.82 Å². The number of ether oxygens (including phenoxy) is 4. The van der Waals surface area contributed by atoms with E-state index in [1.165, 1.54) is 0 Å². The third-order valence-electron chi connectivity index (χ3n) is 5.47. The molecule has 19 heteroatoms. The number of hydrogen-bond acceptors (Lipinski definition) is 17. The summed E-state index contributed by atoms with van der Waals surface area (Å²) in [5.74, 6) is 0. The molecule has 11 N–H and O–H groups in total. The molecule has 2 aliphatic heterocycles. The summed E-state index contributed by atoms with van der Waals surface area (Å²) in [6.45, 7) is -4.13. The van der Waals surface area contributed by atoms with Gasteiger partial charge < -0.3 is 74.9 Å². The predicted molar refractivity (Wildman–Crippen MR) is 113 cm³/mol. The Morgan fingerprint density at radius 3 is 1.62 bits per heavy atom. The number of phosphoric acid groups is 1. The largest absolute Gasteiger partial charge is 0.472 e. The smallest absolute Gasteiger partial charge is 0.394 e. The van der Waals surface area contributed by atoms with Gasteiger partial charge in [-0.25, -0.2) is 4.57 Å². The lowest BCUT2D eigenvalue weighted by Crippen LogP contribution is -2.62. The Morgan fingerprint density at radius 1 is 0.649 bits per heavy atom. The zero-order valence-electron chi connectivity index (χ0n) is 19.4. The van der Waals surface area contributed by atoms with E-state index < -0.39 is 121 Å². The van der Waals surface area contributed by atoms with Gasteiger partial charge in [-0.3, -0.25) is 9.05 Å². The summed E-state index contributed by atoms with van der Waals surface area (Å²) in [6.07, 6.45) is -19.8. The van der Waals surface area contributed by atoms with E-state index in [4.69, 9.17) is 29.2 Å². The fourth-order valence-corrected chi connectivity index (χ4v) is 4.04. The van der Waals surface area contributed by atoms with Gasteiger partial charge in [0, 0.05) is 0 Å². The topological polar surface area (TPSA) is 295 Å². The molecule has 220 valence electrons. The monoisotopic (exact) mass is 570 g/mol. The van der Waals surface area contributed by atoms with Crippen LogP contribution in [0.3, 0.4) is 0 Å². The maximum absolute atomic E-state index is 11.9. The number of hydrogen-bond donors (Lipinski definition) is 11. The molecule has 0 aromatic rings. The minimum Gasteiger partial charge on any atom is -0.394 e. The highest BCUT2D eigenvalue weighted by molar-refractivity contribution is 7.47. The van der Waals surface area contributed by atoms with E-state index >= 15 is 0 Å². The fourth-order valence-electron chi connectivity index (χ4n) is 3.27. The van der Waals surface area contributed by atoms with E-state index in [1.54, 1.807) is 0 Å². The lowest BCUT2D eigenvalue weighted by molar-refractivity contribution is -0.332. The number of aliphatic hydroxyl groups is 10. The average Bonchev–Trinajstić information content (AvgIpc) is 2.88. The van der Waals surface area contributed by atoms with Crippen molar-refractivity contribution in [3.8, 4) is 0 Å². The SMILES string of the molecule is O=P(O)(OC[C@@H](O)CO)OC[C@H]1O[C@@H](OC[C@H]2O[C@@H](OC[C@H](O)CO)[C@H](O)[C@@H](O)[C@@H]2O)[C@H](O)[C@@H](O)[C@@H]1O. The van der Waals surface area contributed by atoms with Crippen molar-refractivity contribution in [2.24, 2.45) is 0 Å². The first kappa shape index (κ1) is 32.8. The summed E-state index contributed by atoms with van der Waals surface area (Å²) in [6, 6.07) is 0. The molecule has 2 heterocycles. The van der Waals surface area contributed by atoms with Gasteiger partial charge in [0.2, 0.25) is 0 Å². The van der Waals surface area contributed by atoms with Gasteiger partial charge in [-0.1, -0.05) is 0 Å². The summed E-state index contributed by atoms with van der Waals surface area (Å²) in [4.78, 5) is 9.64. The molecule has 2 rings (SSSR count). The molecule has 0 saturated carbocycles. The third-order valence-corrected chi connectivity index (χ3v) is 6.42. The highest BCUT2D eigenvalue weighted by Gasteiger charge is 2.48. The Labute approximate surface area is 210 Å². The van der Waals surface area contributed by atoms with Crippen molar-refractivity contribution in [3.63, 3.8) is 0 Å². The van der Waals surface area contributed by atoms with E-state index in [2.05, 4.69) is 9.05 Å². The molecule has 2 fully saturated rings. The second kappa shape index (κ2) is 14.8. The molecule has 37 heavy (non-hydrogen) atoms. The predicted octanol–water partition coefficient (Wildman–Crippen LogP) is -6.53. The van der Waals surface area contributed by atoms with E-state index in [-0.39, 0.29) is 0 Å². The van der Waals surface area contributed by atoms with Crippen molar-refractivity contribution in [1.82, 2.24) is 0 Å². The fraction of sp³-hybridized carbons (Fsp3) is 1.00. The zero-order valence-corrected chi connectivity index (χ0v) is 20.3. The first-order valence-electron chi connectivity index (χ1n) is 11.1. The van der Waals surface area contributed by atoms with Gasteiger partial charge in [-0.15, -0.1) is 0 Å². The maximum atomic E-state index is 11.9. The number of rotatable bonds is 14. The molecule has 0 aromatic heterocycles. The first-order chi connectivity index (χ1) is 17.3. The molecule has 0 bridgehead atoms. The first-order valence-corrected chi connectivity index (χ1v) is 12.6. The van der Waals surface area contributed by atoms with E-state index in [1.807, 2.05) is 0 Å². The average molecular weight is 570 g/mol. The van der Waals surface area contributed by atoms with Gasteiger partial charge in [0.15, 0.2) is 12.6 Å². The minimum absolute atomic E-state index is 0.484. The third kappa shape index (κ3) is 9.31. The van der Waals surface area contributed by atoms with Crippen molar-refractivity contribution >= 4 is 7.82 Å². The molecule has 0 radical (unpaired) electrons. The molecule has 1 unspecified atom stereocenters. The lowest BCUT2D eigenvalue weighted by atomic mass is 9.98. The van der Waals surface area contributed by atoms with E-state index in [0.717, 1.165) is 0 Å². The highest BCUT2D eigenvalue weighted by Crippen LogP contribution is 2.44. The van der Waals surface area contributed by atoms with Gasteiger partial charge in [-0.2, -0.15) is 0 Å². The molecule has 0 aromatic carbocycles. The van der Waals surface area contributed by atoms with Crippen LogP contribution in [0.1, 0.15) is 0 Å². The van der Waals surface area contributed by atoms with E-state index in [0.29, 0.717) is 0 Å². The Hall–Kier alpha value is -0.450. The molecular weight excluding hydrogens is 535 g/mol. The summed E-state index contributed by atoms with van der Waals surface area (Å²) in [5, 5.41) is 96.8. The van der Waals surface area contributed by atoms with Gasteiger partial charge in [-0.05, 0) is 0 Å². The molecule has 2 aliphatic rings. The minimum atomic E-state index is -4.79. The van der Waals surface area contributed by atoms with Gasteiger partial charge in [0.1, 0.15) is 61.0 Å². The Balaban J connectivity index is 1.96. The van der Waals surface area contributed by atoms with Crippen molar-refractivity contribution in [2.75, 3.05) is 39.6 Å². The standard InChI is InChI=1S/C18H35O18P/c19-1-7(21)3-31-17-15(27)13(25)11(23)9(35-17)5-32-18-16(28)14(26)12(24)10(36-18)6-34-37(29,30)33-4-8(22)2-20/h7-28H,1-6H2,(H,29,30)/t7-,8+,9-,10-,11-,12-,13+,14+,15-,16-,17-,18-/m1/s1. The van der Waals surface area contributed by atoms with Crippen molar-refractivity contribution in [3.05, 3.63) is 0 Å². The Morgan fingerprint density at radius 2 is 1.11 bits per heavy atom. The molecule has 0 amide bonds. The zero-order chi connectivity index (χ0) is 27.9. The number of aliphatic hydroxyl groups excluding tert-OH is 10. The quantitative estimate of drug-likeness (QED) is 0.0865. The summed E-state index contributed by atoms with van der Waals surface area (Å²) in [7, 11) is -4.79. The molecular formula is C18H35O18P. The highest BCUT2D eigenvalue weighted by atomic mass is 31.2. The second-order valence-electron chi connectivity index (χ2n) is 8.43. The van der Waals surface area contributed by atoms with Crippen molar-refractivity contribution in [2.45, 2.75) is 73.6 Å².